The maximum absolute atomic E-state index is 9.62. The Morgan fingerprint density at radius 3 is 2.48 bits per heavy atom. The molecule has 0 aliphatic rings. The average molecular weight is 291 g/mol. The van der Waals surface area contributed by atoms with Gasteiger partial charge in [-0.2, -0.15) is 4.98 Å². The molecule has 0 radical (unpaired) electrons. The first-order chi connectivity index (χ1) is 9.66. The van der Waals surface area contributed by atoms with E-state index in [1.165, 1.54) is 13.2 Å². The van der Waals surface area contributed by atoms with E-state index in [0.717, 1.165) is 0 Å². The quantitative estimate of drug-likeness (QED) is 0.898. The van der Waals surface area contributed by atoms with Crippen LogP contribution in [-0.2, 0) is 5.41 Å². The van der Waals surface area contributed by atoms with Crippen molar-refractivity contribution in [1.82, 2.24) is 10.1 Å². The van der Waals surface area contributed by atoms with Gasteiger partial charge in [0.1, 0.15) is 0 Å². The number of aromatic nitrogens is 2. The maximum atomic E-state index is 9.62. The van der Waals surface area contributed by atoms with Crippen molar-refractivity contribution < 1.29 is 14.4 Å². The molecule has 0 saturated carbocycles. The summed E-state index contributed by atoms with van der Waals surface area (Å²) in [5.74, 6) is 1.32. The molecule has 6 heteroatoms. The van der Waals surface area contributed by atoms with Crippen molar-refractivity contribution in [1.29, 1.82) is 0 Å². The molecule has 0 aliphatic carbocycles. The first-order valence-electron chi connectivity index (χ1n) is 6.67. The molecule has 2 rings (SSSR count). The van der Waals surface area contributed by atoms with Crippen LogP contribution in [0, 0.1) is 0 Å². The van der Waals surface area contributed by atoms with E-state index in [2.05, 4.69) is 10.1 Å². The highest BCUT2D eigenvalue weighted by atomic mass is 16.5. The molecule has 6 nitrogen and oxygen atoms in total. The third-order valence-electron chi connectivity index (χ3n) is 4.01. The van der Waals surface area contributed by atoms with Crippen molar-refractivity contribution in [2.24, 2.45) is 5.73 Å². The minimum Gasteiger partial charge on any atom is -0.504 e. The predicted octanol–water partition coefficient (Wildman–Crippen LogP) is 2.47. The number of aromatic hydroxyl groups is 1. The van der Waals surface area contributed by atoms with E-state index in [1.54, 1.807) is 12.1 Å². The van der Waals surface area contributed by atoms with Crippen molar-refractivity contribution in [2.45, 2.75) is 38.6 Å². The highest BCUT2D eigenvalue weighted by molar-refractivity contribution is 5.60. The Labute approximate surface area is 123 Å². The zero-order chi connectivity index (χ0) is 15.8. The number of hydrogen-bond donors (Lipinski definition) is 2. The van der Waals surface area contributed by atoms with Crippen LogP contribution in [0.3, 0.4) is 0 Å². The smallest absolute Gasteiger partial charge is 0.234 e. The largest absolute Gasteiger partial charge is 0.504 e. The molecule has 2 aromatic rings. The van der Waals surface area contributed by atoms with Crippen LogP contribution in [0.5, 0.6) is 11.5 Å². The lowest BCUT2D eigenvalue weighted by molar-refractivity contribution is 0.223. The summed E-state index contributed by atoms with van der Waals surface area (Å²) < 4.78 is 10.4. The van der Waals surface area contributed by atoms with E-state index in [-0.39, 0.29) is 5.75 Å². The Bertz CT molecular complexity index is 642. The van der Waals surface area contributed by atoms with E-state index in [1.807, 2.05) is 27.7 Å². The summed E-state index contributed by atoms with van der Waals surface area (Å²) in [4.78, 5) is 4.43. The van der Waals surface area contributed by atoms with Crippen molar-refractivity contribution >= 4 is 0 Å². The van der Waals surface area contributed by atoms with Gasteiger partial charge in [-0.25, -0.2) is 0 Å². The van der Waals surface area contributed by atoms with Gasteiger partial charge in [0, 0.05) is 11.1 Å². The number of benzene rings is 1. The van der Waals surface area contributed by atoms with E-state index in [9.17, 15) is 5.11 Å². The molecular weight excluding hydrogens is 270 g/mol. The van der Waals surface area contributed by atoms with Gasteiger partial charge in [-0.3, -0.25) is 0 Å². The molecule has 0 fully saturated rings. The molecular formula is C15H21N3O3. The van der Waals surface area contributed by atoms with Crippen LogP contribution in [0.4, 0.5) is 0 Å². The number of nitrogens with zero attached hydrogens (tertiary/aromatic N) is 2. The summed E-state index contributed by atoms with van der Waals surface area (Å²) >= 11 is 0. The molecule has 0 atom stereocenters. The van der Waals surface area contributed by atoms with Crippen molar-refractivity contribution in [3.8, 4) is 22.9 Å². The van der Waals surface area contributed by atoms with E-state index >= 15 is 0 Å². The van der Waals surface area contributed by atoms with Gasteiger partial charge in [-0.15, -0.1) is 0 Å². The molecule has 0 bridgehead atoms. The highest BCUT2D eigenvalue weighted by Crippen LogP contribution is 2.34. The molecule has 1 heterocycles. The first-order valence-corrected chi connectivity index (χ1v) is 6.67. The fraction of sp³-hybridized carbons (Fsp3) is 0.467. The molecule has 1 aromatic carbocycles. The lowest BCUT2D eigenvalue weighted by Gasteiger charge is -2.34. The van der Waals surface area contributed by atoms with Crippen LogP contribution >= 0.6 is 0 Å². The summed E-state index contributed by atoms with van der Waals surface area (Å²) in [6.07, 6.45) is 0. The second-order valence-electron chi connectivity index (χ2n) is 6.16. The number of nitrogens with two attached hydrogens (primary N) is 1. The number of rotatable bonds is 4. The maximum Gasteiger partial charge on any atom is 0.234 e. The second kappa shape index (κ2) is 5.04. The van der Waals surface area contributed by atoms with Gasteiger partial charge in [0.2, 0.25) is 11.7 Å². The Kier molecular flexibility index (Phi) is 3.67. The molecule has 21 heavy (non-hydrogen) atoms. The molecule has 0 spiro atoms. The fourth-order valence-electron chi connectivity index (χ4n) is 1.69. The highest BCUT2D eigenvalue weighted by Gasteiger charge is 2.40. The third-order valence-corrected chi connectivity index (χ3v) is 4.01. The van der Waals surface area contributed by atoms with Crippen LogP contribution in [0.2, 0.25) is 0 Å². The van der Waals surface area contributed by atoms with Gasteiger partial charge in [-0.1, -0.05) is 5.16 Å². The average Bonchev–Trinajstić information content (AvgIpc) is 2.88. The van der Waals surface area contributed by atoms with Crippen LogP contribution in [0.15, 0.2) is 22.7 Å². The number of ether oxygens (including phenoxy) is 1. The molecule has 114 valence electrons. The monoisotopic (exact) mass is 291 g/mol. The third kappa shape index (κ3) is 2.71. The van der Waals surface area contributed by atoms with Gasteiger partial charge in [-0.05, 0) is 45.9 Å². The van der Waals surface area contributed by atoms with E-state index in [4.69, 9.17) is 15.0 Å². The zero-order valence-corrected chi connectivity index (χ0v) is 13.0. The minimum atomic E-state index is -0.510. The summed E-state index contributed by atoms with van der Waals surface area (Å²) in [7, 11) is 1.49. The predicted molar refractivity (Wildman–Crippen MR) is 79.2 cm³/mol. The van der Waals surface area contributed by atoms with Crippen LogP contribution in [0.25, 0.3) is 11.4 Å². The van der Waals surface area contributed by atoms with E-state index < -0.39 is 11.0 Å². The number of methoxy groups -OCH3 is 1. The Morgan fingerprint density at radius 2 is 1.90 bits per heavy atom. The lowest BCUT2D eigenvalue weighted by Crippen LogP contribution is -2.50. The van der Waals surface area contributed by atoms with Gasteiger partial charge >= 0.3 is 0 Å². The second-order valence-corrected chi connectivity index (χ2v) is 6.16. The molecule has 0 saturated heterocycles. The molecule has 0 amide bonds. The molecule has 1 aromatic heterocycles. The fourth-order valence-corrected chi connectivity index (χ4v) is 1.69. The summed E-state index contributed by atoms with van der Waals surface area (Å²) in [6, 6.07) is 4.89. The molecule has 3 N–H and O–H groups in total. The summed E-state index contributed by atoms with van der Waals surface area (Å²) in [5, 5.41) is 13.6. The first kappa shape index (κ1) is 15.3. The van der Waals surface area contributed by atoms with Crippen LogP contribution < -0.4 is 10.5 Å². The number of phenolic OH excluding ortho intramolecular Hbond substituents is 1. The van der Waals surface area contributed by atoms with Crippen LogP contribution in [0.1, 0.15) is 33.6 Å². The normalized spacial score (nSPS) is 12.5. The van der Waals surface area contributed by atoms with Gasteiger partial charge < -0.3 is 20.1 Å². The zero-order valence-electron chi connectivity index (χ0n) is 13.0. The van der Waals surface area contributed by atoms with Gasteiger partial charge in [0.05, 0.1) is 12.5 Å². The number of phenols is 1. The van der Waals surface area contributed by atoms with Crippen molar-refractivity contribution in [3.05, 3.63) is 24.1 Å². The van der Waals surface area contributed by atoms with Gasteiger partial charge in [0.15, 0.2) is 11.5 Å². The SMILES string of the molecule is COc1cc(-c2noc(C(C)(C)C(C)(C)N)n2)ccc1O. The van der Waals surface area contributed by atoms with Crippen molar-refractivity contribution in [3.63, 3.8) is 0 Å². The lowest BCUT2D eigenvalue weighted by atomic mass is 9.75. The minimum absolute atomic E-state index is 0.0633. The summed E-state index contributed by atoms with van der Waals surface area (Å²) in [6.45, 7) is 7.75. The van der Waals surface area contributed by atoms with Gasteiger partial charge in [0.25, 0.3) is 0 Å². The summed E-state index contributed by atoms with van der Waals surface area (Å²) in [5.41, 5.74) is 5.89. The number of hydrogen-bond acceptors (Lipinski definition) is 6. The Balaban J connectivity index is 2.41. The standard InChI is InChI=1S/C15H21N3O3/c1-14(2,15(3,4)16)13-17-12(18-21-13)9-6-7-10(19)11(8-9)20-5/h6-8,19H,16H2,1-5H3. The Morgan fingerprint density at radius 1 is 1.24 bits per heavy atom. The molecule has 0 aliphatic heterocycles. The van der Waals surface area contributed by atoms with Crippen LogP contribution in [-0.4, -0.2) is 27.9 Å². The topological polar surface area (TPSA) is 94.4 Å². The van der Waals surface area contributed by atoms with Crippen molar-refractivity contribution in [2.75, 3.05) is 7.11 Å². The van der Waals surface area contributed by atoms with E-state index in [0.29, 0.717) is 23.0 Å². The molecule has 0 unspecified atom stereocenters. The Hall–Kier alpha value is -2.08.